The summed E-state index contributed by atoms with van der Waals surface area (Å²) in [6.45, 7) is 3.89. The van der Waals surface area contributed by atoms with Crippen molar-refractivity contribution in [3.05, 3.63) is 59.9 Å². The molecule has 4 nitrogen and oxygen atoms in total. The Bertz CT molecular complexity index is 1060. The first-order chi connectivity index (χ1) is 15.2. The van der Waals surface area contributed by atoms with E-state index in [9.17, 15) is 4.79 Å². The number of carbonyl (C=O) groups excluding carboxylic acids is 1. The number of hydrogen-bond donors (Lipinski definition) is 0. The number of carbonyl (C=O) groups is 1. The average molecular weight is 416 g/mol. The number of nitrogens with zero attached hydrogens (tertiary/aromatic N) is 3. The van der Waals surface area contributed by atoms with Crippen molar-refractivity contribution in [1.82, 2.24) is 9.55 Å². The van der Waals surface area contributed by atoms with E-state index in [0.717, 1.165) is 42.5 Å². The second kappa shape index (κ2) is 8.86. The summed E-state index contributed by atoms with van der Waals surface area (Å²) in [6, 6.07) is 16.8. The van der Waals surface area contributed by atoms with E-state index in [4.69, 9.17) is 4.98 Å². The number of benzene rings is 2. The molecule has 1 saturated carbocycles. The van der Waals surface area contributed by atoms with Crippen LogP contribution in [-0.2, 0) is 17.8 Å². The van der Waals surface area contributed by atoms with Crippen molar-refractivity contribution in [2.75, 3.05) is 11.4 Å². The third-order valence-corrected chi connectivity index (χ3v) is 7.32. The largest absolute Gasteiger partial charge is 0.328 e. The van der Waals surface area contributed by atoms with Gasteiger partial charge in [-0.05, 0) is 42.5 Å². The number of para-hydroxylation sites is 3. The third kappa shape index (κ3) is 4.00. The standard InChI is InChI=1S/C27H33N3O/c1-2-21-12-6-8-14-24(21)30-19-22(18-26(30)31)27-28-23-13-7-9-15-25(23)29(27)17-16-20-10-4-3-5-11-20/h6-9,12-15,20,22H,2-5,10-11,16-19H2,1H3/t22-/m1/s1. The summed E-state index contributed by atoms with van der Waals surface area (Å²) < 4.78 is 2.43. The molecule has 1 atom stereocenters. The first-order valence-electron chi connectivity index (χ1n) is 12.1. The molecule has 1 aliphatic heterocycles. The number of hydrogen-bond acceptors (Lipinski definition) is 2. The van der Waals surface area contributed by atoms with Gasteiger partial charge in [0.15, 0.2) is 0 Å². The van der Waals surface area contributed by atoms with Crippen molar-refractivity contribution in [1.29, 1.82) is 0 Å². The summed E-state index contributed by atoms with van der Waals surface area (Å²) in [5, 5.41) is 0. The van der Waals surface area contributed by atoms with E-state index >= 15 is 0 Å². The van der Waals surface area contributed by atoms with Gasteiger partial charge in [0, 0.05) is 31.1 Å². The van der Waals surface area contributed by atoms with Crippen LogP contribution in [0.1, 0.15) is 69.2 Å². The molecule has 1 aliphatic carbocycles. The van der Waals surface area contributed by atoms with Gasteiger partial charge in [0.05, 0.1) is 11.0 Å². The number of fused-ring (bicyclic) bond motifs is 1. The van der Waals surface area contributed by atoms with Crippen molar-refractivity contribution >= 4 is 22.6 Å². The monoisotopic (exact) mass is 415 g/mol. The van der Waals surface area contributed by atoms with Crippen LogP contribution in [0.2, 0.25) is 0 Å². The van der Waals surface area contributed by atoms with Crippen LogP contribution in [0.5, 0.6) is 0 Å². The Balaban J connectivity index is 1.43. The van der Waals surface area contributed by atoms with Gasteiger partial charge in [0.2, 0.25) is 5.91 Å². The zero-order valence-corrected chi connectivity index (χ0v) is 18.6. The Labute approximate surface area is 185 Å². The number of anilines is 1. The van der Waals surface area contributed by atoms with E-state index in [1.54, 1.807) is 0 Å². The highest BCUT2D eigenvalue weighted by Gasteiger charge is 2.35. The minimum absolute atomic E-state index is 0.149. The molecule has 0 radical (unpaired) electrons. The predicted molar refractivity (Wildman–Crippen MR) is 126 cm³/mol. The van der Waals surface area contributed by atoms with E-state index in [-0.39, 0.29) is 11.8 Å². The van der Waals surface area contributed by atoms with Crippen LogP contribution in [0.4, 0.5) is 5.69 Å². The lowest BCUT2D eigenvalue weighted by Crippen LogP contribution is -2.25. The zero-order chi connectivity index (χ0) is 21.2. The summed E-state index contributed by atoms with van der Waals surface area (Å²) >= 11 is 0. The van der Waals surface area contributed by atoms with E-state index in [1.165, 1.54) is 49.6 Å². The van der Waals surface area contributed by atoms with Crippen LogP contribution < -0.4 is 4.90 Å². The normalized spacial score (nSPS) is 20.1. The molecule has 2 aliphatic rings. The van der Waals surface area contributed by atoms with Crippen molar-refractivity contribution in [3.8, 4) is 0 Å². The summed E-state index contributed by atoms with van der Waals surface area (Å²) in [5.74, 6) is 2.30. The number of imidazole rings is 1. The van der Waals surface area contributed by atoms with E-state index in [1.807, 2.05) is 11.0 Å². The maximum absolute atomic E-state index is 13.0. The molecule has 31 heavy (non-hydrogen) atoms. The molecule has 1 aromatic heterocycles. The molecule has 2 fully saturated rings. The highest BCUT2D eigenvalue weighted by atomic mass is 16.2. The fourth-order valence-corrected chi connectivity index (χ4v) is 5.61. The van der Waals surface area contributed by atoms with Crippen LogP contribution in [0, 0.1) is 5.92 Å². The van der Waals surface area contributed by atoms with Crippen LogP contribution in [-0.4, -0.2) is 22.0 Å². The summed E-state index contributed by atoms with van der Waals surface area (Å²) in [5.41, 5.74) is 4.58. The molecule has 0 N–H and O–H groups in total. The first-order valence-corrected chi connectivity index (χ1v) is 12.1. The second-order valence-corrected chi connectivity index (χ2v) is 9.29. The molecule has 1 amide bonds. The smallest absolute Gasteiger partial charge is 0.227 e. The lowest BCUT2D eigenvalue weighted by molar-refractivity contribution is -0.117. The predicted octanol–water partition coefficient (Wildman–Crippen LogP) is 6.09. The Kier molecular flexibility index (Phi) is 5.80. The van der Waals surface area contributed by atoms with Crippen LogP contribution in [0.25, 0.3) is 11.0 Å². The maximum atomic E-state index is 13.0. The topological polar surface area (TPSA) is 38.1 Å². The number of amides is 1. The van der Waals surface area contributed by atoms with Gasteiger partial charge in [0.1, 0.15) is 5.82 Å². The minimum atomic E-state index is 0.149. The van der Waals surface area contributed by atoms with E-state index < -0.39 is 0 Å². The summed E-state index contributed by atoms with van der Waals surface area (Å²) in [7, 11) is 0. The molecule has 5 rings (SSSR count). The quantitative estimate of drug-likeness (QED) is 0.489. The number of rotatable bonds is 6. The fraction of sp³-hybridized carbons (Fsp3) is 0.481. The second-order valence-electron chi connectivity index (χ2n) is 9.29. The molecule has 0 spiro atoms. The molecule has 162 valence electrons. The van der Waals surface area contributed by atoms with Crippen molar-refractivity contribution in [3.63, 3.8) is 0 Å². The molecule has 0 bridgehead atoms. The summed E-state index contributed by atoms with van der Waals surface area (Å²) in [4.78, 5) is 20.1. The van der Waals surface area contributed by atoms with Crippen molar-refractivity contribution in [2.45, 2.75) is 70.8 Å². The van der Waals surface area contributed by atoms with Crippen molar-refractivity contribution < 1.29 is 4.79 Å². The van der Waals surface area contributed by atoms with Crippen LogP contribution in [0.3, 0.4) is 0 Å². The van der Waals surface area contributed by atoms with Gasteiger partial charge in [-0.25, -0.2) is 4.98 Å². The minimum Gasteiger partial charge on any atom is -0.328 e. The first kappa shape index (κ1) is 20.3. The molecule has 3 aromatic rings. The van der Waals surface area contributed by atoms with Crippen molar-refractivity contribution in [2.24, 2.45) is 5.92 Å². The average Bonchev–Trinajstić information content (AvgIpc) is 3.38. The molecule has 2 aromatic carbocycles. The SMILES string of the molecule is CCc1ccccc1N1C[C@H](c2nc3ccccc3n2CCC2CCCCC2)CC1=O. The number of aryl methyl sites for hydroxylation is 2. The van der Waals surface area contributed by atoms with Gasteiger partial charge in [-0.2, -0.15) is 0 Å². The van der Waals surface area contributed by atoms with Gasteiger partial charge in [0.25, 0.3) is 0 Å². The summed E-state index contributed by atoms with van der Waals surface area (Å²) in [6.07, 6.45) is 9.59. The fourth-order valence-electron chi connectivity index (χ4n) is 5.61. The zero-order valence-electron chi connectivity index (χ0n) is 18.6. The molecule has 1 saturated heterocycles. The molecule has 0 unspecified atom stereocenters. The lowest BCUT2D eigenvalue weighted by Gasteiger charge is -2.23. The van der Waals surface area contributed by atoms with Gasteiger partial charge in [-0.15, -0.1) is 0 Å². The highest BCUT2D eigenvalue weighted by Crippen LogP contribution is 2.35. The third-order valence-electron chi connectivity index (χ3n) is 7.32. The van der Waals surface area contributed by atoms with Gasteiger partial charge < -0.3 is 9.47 Å². The maximum Gasteiger partial charge on any atom is 0.227 e. The Hall–Kier alpha value is -2.62. The van der Waals surface area contributed by atoms with E-state index in [2.05, 4.69) is 54.0 Å². The van der Waals surface area contributed by atoms with Crippen LogP contribution >= 0.6 is 0 Å². The van der Waals surface area contributed by atoms with Gasteiger partial charge in [-0.3, -0.25) is 4.79 Å². The molecular weight excluding hydrogens is 382 g/mol. The van der Waals surface area contributed by atoms with E-state index in [0.29, 0.717) is 6.42 Å². The Morgan fingerprint density at radius 2 is 1.77 bits per heavy atom. The Morgan fingerprint density at radius 1 is 1.00 bits per heavy atom. The van der Waals surface area contributed by atoms with Gasteiger partial charge >= 0.3 is 0 Å². The molecular formula is C27H33N3O. The highest BCUT2D eigenvalue weighted by molar-refractivity contribution is 5.97. The molecule has 2 heterocycles. The van der Waals surface area contributed by atoms with Gasteiger partial charge in [-0.1, -0.05) is 69.4 Å². The lowest BCUT2D eigenvalue weighted by atomic mass is 9.87. The Morgan fingerprint density at radius 3 is 2.61 bits per heavy atom. The van der Waals surface area contributed by atoms with Crippen LogP contribution in [0.15, 0.2) is 48.5 Å². The number of aromatic nitrogens is 2. The molecule has 4 heteroatoms.